The third-order valence-electron chi connectivity index (χ3n) is 3.97. The molecule has 1 N–H and O–H groups in total. The van der Waals surface area contributed by atoms with Crippen molar-refractivity contribution in [3.8, 4) is 0 Å². The molecular weight excluding hydrogens is 280 g/mol. The van der Waals surface area contributed by atoms with E-state index in [1.165, 1.54) is 0 Å². The minimum Gasteiger partial charge on any atom is -0.342 e. The van der Waals surface area contributed by atoms with E-state index in [2.05, 4.69) is 17.2 Å². The van der Waals surface area contributed by atoms with Gasteiger partial charge in [-0.2, -0.15) is 0 Å². The van der Waals surface area contributed by atoms with Crippen LogP contribution in [0.3, 0.4) is 0 Å². The summed E-state index contributed by atoms with van der Waals surface area (Å²) < 4.78 is 0. The molecule has 1 aliphatic heterocycles. The fourth-order valence-electron chi connectivity index (χ4n) is 2.57. The van der Waals surface area contributed by atoms with E-state index in [0.717, 1.165) is 18.5 Å². The van der Waals surface area contributed by atoms with Gasteiger partial charge in [0.1, 0.15) is 6.04 Å². The molecule has 22 heavy (non-hydrogen) atoms. The molecule has 0 spiro atoms. The normalized spacial score (nSPS) is 18.5. The molecule has 120 valence electrons. The lowest BCUT2D eigenvalue weighted by Crippen LogP contribution is -2.58. The van der Waals surface area contributed by atoms with Crippen LogP contribution in [-0.2, 0) is 4.79 Å². The van der Waals surface area contributed by atoms with Crippen molar-refractivity contribution < 1.29 is 9.59 Å². The lowest BCUT2D eigenvalue weighted by atomic mass is 10.0. The number of pyridine rings is 1. The van der Waals surface area contributed by atoms with E-state index in [0.29, 0.717) is 25.2 Å². The van der Waals surface area contributed by atoms with Gasteiger partial charge in [-0.05, 0) is 25.5 Å². The van der Waals surface area contributed by atoms with E-state index >= 15 is 0 Å². The monoisotopic (exact) mass is 304 g/mol. The molecule has 1 aromatic heterocycles. The van der Waals surface area contributed by atoms with Crippen LogP contribution in [0.1, 0.15) is 31.9 Å². The maximum absolute atomic E-state index is 12.5. The first kappa shape index (κ1) is 16.3. The molecule has 3 amide bonds. The smallest absolute Gasteiger partial charge is 0.322 e. The second-order valence-electron chi connectivity index (χ2n) is 5.73. The van der Waals surface area contributed by atoms with Gasteiger partial charge < -0.3 is 15.1 Å². The third-order valence-corrected chi connectivity index (χ3v) is 3.97. The number of hydrogen-bond donors (Lipinski definition) is 1. The minimum atomic E-state index is -0.364. The van der Waals surface area contributed by atoms with Crippen molar-refractivity contribution in [1.82, 2.24) is 14.8 Å². The molecule has 2 rings (SSSR count). The van der Waals surface area contributed by atoms with Gasteiger partial charge >= 0.3 is 6.03 Å². The topological polar surface area (TPSA) is 65.5 Å². The first-order valence-corrected chi connectivity index (χ1v) is 7.78. The summed E-state index contributed by atoms with van der Waals surface area (Å²) in [5, 5.41) is 2.83. The molecule has 2 heterocycles. The third kappa shape index (κ3) is 3.75. The van der Waals surface area contributed by atoms with E-state index in [-0.39, 0.29) is 18.0 Å². The van der Waals surface area contributed by atoms with E-state index < -0.39 is 0 Å². The highest BCUT2D eigenvalue weighted by Crippen LogP contribution is 2.18. The summed E-state index contributed by atoms with van der Waals surface area (Å²) in [5.74, 6) is 0.0249. The molecule has 6 heteroatoms. The van der Waals surface area contributed by atoms with Crippen molar-refractivity contribution in [3.63, 3.8) is 0 Å². The number of anilines is 1. The summed E-state index contributed by atoms with van der Waals surface area (Å²) in [7, 11) is 1.79. The van der Waals surface area contributed by atoms with Crippen molar-refractivity contribution in [2.75, 3.05) is 25.5 Å². The first-order chi connectivity index (χ1) is 10.5. The van der Waals surface area contributed by atoms with Crippen molar-refractivity contribution in [2.45, 2.75) is 39.2 Å². The largest absolute Gasteiger partial charge is 0.342 e. The number of aromatic nitrogens is 1. The SMILES string of the molecule is CCCC[C@H]1C(=O)N(C)CCN1C(=O)Nc1ccc(C)nc1. The molecule has 6 nitrogen and oxygen atoms in total. The Bertz CT molecular complexity index is 529. The highest BCUT2D eigenvalue weighted by molar-refractivity contribution is 5.94. The number of rotatable bonds is 4. The molecule has 0 aromatic carbocycles. The van der Waals surface area contributed by atoms with Crippen molar-refractivity contribution >= 4 is 17.6 Å². The van der Waals surface area contributed by atoms with Gasteiger partial charge in [-0.15, -0.1) is 0 Å². The zero-order valence-corrected chi connectivity index (χ0v) is 13.5. The minimum absolute atomic E-state index is 0.0249. The lowest BCUT2D eigenvalue weighted by molar-refractivity contribution is -0.138. The van der Waals surface area contributed by atoms with Crippen molar-refractivity contribution in [2.24, 2.45) is 0 Å². The lowest BCUT2D eigenvalue weighted by Gasteiger charge is -2.39. The number of likely N-dealkylation sites (N-methyl/N-ethyl adjacent to an activating group) is 1. The highest BCUT2D eigenvalue weighted by atomic mass is 16.2. The summed E-state index contributed by atoms with van der Waals surface area (Å²) in [5.41, 5.74) is 1.55. The molecule has 0 aliphatic carbocycles. The first-order valence-electron chi connectivity index (χ1n) is 7.78. The highest BCUT2D eigenvalue weighted by Gasteiger charge is 2.35. The molecule has 1 aromatic rings. The second kappa shape index (κ2) is 7.24. The number of urea groups is 1. The van der Waals surface area contributed by atoms with Crippen LogP contribution in [0, 0.1) is 6.92 Å². The Balaban J connectivity index is 2.07. The Labute approximate surface area is 131 Å². The van der Waals surface area contributed by atoms with Gasteiger partial charge in [-0.3, -0.25) is 9.78 Å². The van der Waals surface area contributed by atoms with Crippen LogP contribution in [0.4, 0.5) is 10.5 Å². The van der Waals surface area contributed by atoms with E-state index in [1.54, 1.807) is 23.0 Å². The molecule has 0 radical (unpaired) electrons. The number of nitrogens with one attached hydrogen (secondary N) is 1. The van der Waals surface area contributed by atoms with E-state index in [1.807, 2.05) is 19.1 Å². The van der Waals surface area contributed by atoms with Crippen LogP contribution in [0.25, 0.3) is 0 Å². The number of carbonyl (C=O) groups excluding carboxylic acids is 2. The summed E-state index contributed by atoms with van der Waals surface area (Å²) in [4.78, 5) is 32.4. The zero-order chi connectivity index (χ0) is 16.1. The number of nitrogens with zero attached hydrogens (tertiary/aromatic N) is 3. The number of hydrogen-bond acceptors (Lipinski definition) is 3. The quantitative estimate of drug-likeness (QED) is 0.928. The Kier molecular flexibility index (Phi) is 5.35. The van der Waals surface area contributed by atoms with Crippen LogP contribution in [0.15, 0.2) is 18.3 Å². The molecular formula is C16H24N4O2. The number of carbonyl (C=O) groups is 2. The molecule has 1 saturated heterocycles. The predicted molar refractivity (Wildman–Crippen MR) is 85.6 cm³/mol. The summed E-state index contributed by atoms with van der Waals surface area (Å²) in [6, 6.07) is 3.07. The van der Waals surface area contributed by atoms with Crippen molar-refractivity contribution in [1.29, 1.82) is 0 Å². The van der Waals surface area contributed by atoms with Gasteiger partial charge in [0.25, 0.3) is 0 Å². The van der Waals surface area contributed by atoms with Crippen LogP contribution >= 0.6 is 0 Å². The van der Waals surface area contributed by atoms with Crippen LogP contribution < -0.4 is 5.32 Å². The number of amides is 3. The fraction of sp³-hybridized carbons (Fsp3) is 0.562. The van der Waals surface area contributed by atoms with E-state index in [9.17, 15) is 9.59 Å². The molecule has 1 atom stereocenters. The van der Waals surface area contributed by atoms with Crippen molar-refractivity contribution in [3.05, 3.63) is 24.0 Å². The van der Waals surface area contributed by atoms with Gasteiger partial charge in [0.05, 0.1) is 11.9 Å². The molecule has 0 bridgehead atoms. The second-order valence-corrected chi connectivity index (χ2v) is 5.73. The molecule has 1 aliphatic rings. The van der Waals surface area contributed by atoms with Crippen LogP contribution in [0.5, 0.6) is 0 Å². The number of piperazine rings is 1. The Morgan fingerprint density at radius 1 is 1.41 bits per heavy atom. The maximum atomic E-state index is 12.5. The molecule has 0 saturated carbocycles. The van der Waals surface area contributed by atoms with Crippen LogP contribution in [0.2, 0.25) is 0 Å². The fourth-order valence-corrected chi connectivity index (χ4v) is 2.57. The summed E-state index contributed by atoms with van der Waals surface area (Å²) >= 11 is 0. The molecule has 0 unspecified atom stereocenters. The Morgan fingerprint density at radius 2 is 2.18 bits per heavy atom. The Hall–Kier alpha value is -2.11. The van der Waals surface area contributed by atoms with E-state index in [4.69, 9.17) is 0 Å². The van der Waals surface area contributed by atoms with Gasteiger partial charge in [0, 0.05) is 25.8 Å². The average Bonchev–Trinajstić information content (AvgIpc) is 2.51. The zero-order valence-electron chi connectivity index (χ0n) is 13.5. The standard InChI is InChI=1S/C16H24N4O2/c1-4-5-6-14-15(21)19(3)9-10-20(14)16(22)18-13-8-7-12(2)17-11-13/h7-8,11,14H,4-6,9-10H2,1-3H3,(H,18,22)/t14-/m0/s1. The van der Waals surface area contributed by atoms with Gasteiger partial charge in [0.2, 0.25) is 5.91 Å². The maximum Gasteiger partial charge on any atom is 0.322 e. The number of aryl methyl sites for hydroxylation is 1. The van der Waals surface area contributed by atoms with Gasteiger partial charge in [-0.1, -0.05) is 19.8 Å². The Morgan fingerprint density at radius 3 is 2.82 bits per heavy atom. The van der Waals surface area contributed by atoms with Gasteiger partial charge in [0.15, 0.2) is 0 Å². The number of unbranched alkanes of at least 4 members (excludes halogenated alkanes) is 1. The van der Waals surface area contributed by atoms with Crippen LogP contribution in [-0.4, -0.2) is 52.9 Å². The van der Waals surface area contributed by atoms with Gasteiger partial charge in [-0.25, -0.2) is 4.79 Å². The summed E-state index contributed by atoms with van der Waals surface area (Å²) in [6.45, 7) is 5.10. The summed E-state index contributed by atoms with van der Waals surface area (Å²) in [6.07, 6.45) is 4.27. The molecule has 1 fully saturated rings. The average molecular weight is 304 g/mol. The predicted octanol–water partition coefficient (Wildman–Crippen LogP) is 2.25.